The monoisotopic (exact) mass is 833 g/mol. The van der Waals surface area contributed by atoms with Gasteiger partial charge in [0.1, 0.15) is 11.2 Å². The van der Waals surface area contributed by atoms with Crippen molar-refractivity contribution in [2.24, 2.45) is 40.7 Å². The van der Waals surface area contributed by atoms with E-state index in [4.69, 9.17) is 10.5 Å². The zero-order valence-corrected chi connectivity index (χ0v) is 35.9. The Kier molecular flexibility index (Phi) is 15.1. The number of aliphatic hydroxyl groups excluding tert-OH is 3. The predicted molar refractivity (Wildman–Crippen MR) is 238 cm³/mol. The summed E-state index contributed by atoms with van der Waals surface area (Å²) in [5, 5.41) is 51.4. The van der Waals surface area contributed by atoms with Crippen molar-refractivity contribution in [3.63, 3.8) is 0 Å². The Morgan fingerprint density at radius 3 is 2.69 bits per heavy atom. The number of fused-ring (bicyclic) bond motifs is 2. The number of piperidine rings is 1. The smallest absolute Gasteiger partial charge is 0.160 e. The first-order valence-corrected chi connectivity index (χ1v) is 22.9. The average Bonchev–Trinajstić information content (AvgIpc) is 3.31. The number of rotatable bonds is 15. The van der Waals surface area contributed by atoms with Crippen LogP contribution in [0.2, 0.25) is 0 Å². The van der Waals surface area contributed by atoms with Gasteiger partial charge in [0, 0.05) is 50.3 Å². The third-order valence-electron chi connectivity index (χ3n) is 14.6. The maximum Gasteiger partial charge on any atom is 0.160 e. The summed E-state index contributed by atoms with van der Waals surface area (Å²) >= 11 is 0. The normalized spacial score (nSPS) is 29.3. The topological polar surface area (TPSA) is 174 Å². The van der Waals surface area contributed by atoms with Gasteiger partial charge in [-0.15, -0.1) is 0 Å². The Hall–Kier alpha value is -4.40. The molecular formula is C51H67N3O7. The van der Waals surface area contributed by atoms with Crippen molar-refractivity contribution in [2.45, 2.75) is 120 Å². The van der Waals surface area contributed by atoms with Gasteiger partial charge in [-0.2, -0.15) is 0 Å². The fourth-order valence-electron chi connectivity index (χ4n) is 11.1. The van der Waals surface area contributed by atoms with E-state index in [9.17, 15) is 30.0 Å². The number of aryl methyl sites for hydroxylation is 1. The molecule has 2 aliphatic heterocycles. The second-order valence-corrected chi connectivity index (χ2v) is 18.5. The van der Waals surface area contributed by atoms with Crippen molar-refractivity contribution >= 4 is 17.6 Å². The minimum Gasteiger partial charge on any atom is -0.504 e. The molecule has 10 heteroatoms. The van der Waals surface area contributed by atoms with Gasteiger partial charge in [0.15, 0.2) is 17.3 Å². The summed E-state index contributed by atoms with van der Waals surface area (Å²) < 4.78 is 5.50. The third kappa shape index (κ3) is 11.0. The predicted octanol–water partition coefficient (Wildman–Crippen LogP) is 6.47. The summed E-state index contributed by atoms with van der Waals surface area (Å²) in [4.78, 5) is 26.5. The molecule has 0 radical (unpaired) electrons. The maximum absolute atomic E-state index is 14.4. The van der Waals surface area contributed by atoms with Crippen LogP contribution in [0.25, 0.3) is 6.08 Å². The van der Waals surface area contributed by atoms with Crippen LogP contribution in [-0.2, 0) is 16.0 Å². The van der Waals surface area contributed by atoms with Crippen molar-refractivity contribution < 1.29 is 34.8 Å². The van der Waals surface area contributed by atoms with Crippen LogP contribution in [-0.4, -0.2) is 77.0 Å². The number of nitrogens with one attached hydrogen (secondary N) is 2. The van der Waals surface area contributed by atoms with E-state index in [2.05, 4.69) is 40.7 Å². The van der Waals surface area contributed by atoms with Crippen LogP contribution >= 0.6 is 0 Å². The highest BCUT2D eigenvalue weighted by molar-refractivity contribution is 5.89. The highest BCUT2D eigenvalue weighted by atomic mass is 16.5. The minimum absolute atomic E-state index is 0.000762. The molecule has 2 heterocycles. The van der Waals surface area contributed by atoms with Crippen LogP contribution in [0.15, 0.2) is 72.1 Å². The van der Waals surface area contributed by atoms with E-state index in [1.54, 1.807) is 12.1 Å². The fraction of sp³-hybridized carbons (Fsp3) is 0.569. The molecule has 8 N–H and O–H groups in total. The second-order valence-electron chi connectivity index (χ2n) is 18.5. The maximum atomic E-state index is 14.4. The molecule has 10 unspecified atom stereocenters. The number of hydrogen-bond donors (Lipinski definition) is 7. The summed E-state index contributed by atoms with van der Waals surface area (Å²) in [7, 11) is 1.51. The number of phenols is 1. The first kappa shape index (κ1) is 44.6. The van der Waals surface area contributed by atoms with Crippen LogP contribution < -0.4 is 21.1 Å². The van der Waals surface area contributed by atoms with E-state index in [0.29, 0.717) is 93.0 Å². The van der Waals surface area contributed by atoms with Crippen LogP contribution in [0.1, 0.15) is 112 Å². The number of allylic oxidation sites excluding steroid dienone is 3. The molecule has 10 atom stereocenters. The van der Waals surface area contributed by atoms with Crippen LogP contribution in [0, 0.1) is 46.8 Å². The van der Waals surface area contributed by atoms with E-state index >= 15 is 0 Å². The molecule has 3 fully saturated rings. The van der Waals surface area contributed by atoms with Crippen LogP contribution in [0.3, 0.4) is 0 Å². The van der Waals surface area contributed by atoms with Crippen molar-refractivity contribution in [1.82, 2.24) is 10.6 Å². The number of carbonyl (C=O) groups is 2. The lowest BCUT2D eigenvalue weighted by Crippen LogP contribution is -2.50. The number of phenolic OH excluding ortho intramolecular Hbond substituents is 1. The lowest BCUT2D eigenvalue weighted by Gasteiger charge is -2.44. The number of nitrogens with two attached hydrogens (primary N) is 1. The number of methoxy groups -OCH3 is 1. The summed E-state index contributed by atoms with van der Waals surface area (Å²) in [6.07, 6.45) is 16.3. The highest BCUT2D eigenvalue weighted by Crippen LogP contribution is 2.47. The summed E-state index contributed by atoms with van der Waals surface area (Å²) in [6.45, 7) is 1.64. The molecule has 328 valence electrons. The molecule has 61 heavy (non-hydrogen) atoms. The number of carbonyl (C=O) groups excluding carboxylic acids is 2. The average molecular weight is 834 g/mol. The molecule has 5 aliphatic rings. The Labute approximate surface area is 362 Å². The summed E-state index contributed by atoms with van der Waals surface area (Å²) in [5.74, 6) is 9.21. The molecule has 2 aromatic carbocycles. The van der Waals surface area contributed by atoms with Gasteiger partial charge in [0.05, 0.1) is 25.1 Å². The van der Waals surface area contributed by atoms with Crippen molar-refractivity contribution in [1.29, 1.82) is 0 Å². The molecular weight excluding hydrogens is 767 g/mol. The molecule has 7 rings (SSSR count). The van der Waals surface area contributed by atoms with Crippen molar-refractivity contribution in [3.05, 3.63) is 88.8 Å². The Morgan fingerprint density at radius 1 is 1.08 bits per heavy atom. The molecule has 0 amide bonds. The van der Waals surface area contributed by atoms with E-state index < -0.39 is 23.5 Å². The zero-order chi connectivity index (χ0) is 42.9. The molecule has 10 nitrogen and oxygen atoms in total. The summed E-state index contributed by atoms with van der Waals surface area (Å²) in [6, 6.07) is 13.9. The van der Waals surface area contributed by atoms with Crippen LogP contribution in [0.5, 0.6) is 11.5 Å². The minimum atomic E-state index is -1.20. The van der Waals surface area contributed by atoms with Gasteiger partial charge in [-0.3, -0.25) is 9.59 Å². The zero-order valence-electron chi connectivity index (χ0n) is 35.9. The SMILES string of the molecule is COc1cc2c(cc1O)C(CCC(O)CC(C=Cc1ccccc1)C1=CCNC(N)=C1)C#CC1(CCC(CC(CCCO)C3CNC4CC(=O)CCC4C3)CC1O)C(=O)CC2. The molecule has 2 saturated carbocycles. The lowest BCUT2D eigenvalue weighted by atomic mass is 9.63. The molecule has 3 aliphatic carbocycles. The number of benzene rings is 2. The molecule has 0 bridgehead atoms. The number of Topliss-reactive ketones (excluding diaryl/α,β-unsaturated/α-hetero) is 2. The molecule has 1 saturated heterocycles. The first-order valence-electron chi connectivity index (χ1n) is 22.9. The van der Waals surface area contributed by atoms with Gasteiger partial charge in [-0.25, -0.2) is 0 Å². The van der Waals surface area contributed by atoms with E-state index in [1.807, 2.05) is 36.4 Å². The summed E-state index contributed by atoms with van der Waals surface area (Å²) in [5.41, 5.74) is 8.78. The Balaban J connectivity index is 1.09. The largest absolute Gasteiger partial charge is 0.504 e. The van der Waals surface area contributed by atoms with E-state index in [-0.39, 0.29) is 42.4 Å². The number of ether oxygens (including phenoxy) is 1. The number of hydrogen-bond acceptors (Lipinski definition) is 10. The fourth-order valence-corrected chi connectivity index (χ4v) is 11.1. The lowest BCUT2D eigenvalue weighted by molar-refractivity contribution is -0.134. The number of aliphatic hydroxyl groups is 3. The van der Waals surface area contributed by atoms with E-state index in [0.717, 1.165) is 67.3 Å². The molecule has 2 aromatic rings. The quantitative estimate of drug-likeness (QED) is 0.0987. The van der Waals surface area contributed by atoms with Gasteiger partial charge in [0.25, 0.3) is 0 Å². The highest BCUT2D eigenvalue weighted by Gasteiger charge is 2.48. The number of aromatic hydroxyl groups is 1. The van der Waals surface area contributed by atoms with Gasteiger partial charge >= 0.3 is 0 Å². The Bertz CT molecular complexity index is 2000. The van der Waals surface area contributed by atoms with Gasteiger partial charge in [-0.1, -0.05) is 60.4 Å². The Morgan fingerprint density at radius 2 is 1.92 bits per heavy atom. The van der Waals surface area contributed by atoms with Gasteiger partial charge in [-0.05, 0) is 148 Å². The standard InChI is InChI=1S/C51H67N3O7/c1-61-47-28-39-13-16-48(59)51(20-17-34(25-49(51)60)24-36(8-5-23-55)41-26-40-12-15-43(57)30-45(40)54-32-41)21-18-35(44(39)31-46(47)58)11-14-42(56)27-37(38-19-22-53-50(52)29-38)10-9-33-6-3-2-4-7-33/h2-4,6-7,9-10,19,28-29,31,34-37,40-42,45,49,53-56,58,60H,5,8,11-17,20,22-27,30,32,52H2,1H3. The van der Waals surface area contributed by atoms with Crippen LogP contribution in [0.4, 0.5) is 0 Å². The van der Waals surface area contributed by atoms with Crippen molar-refractivity contribution in [2.75, 3.05) is 26.8 Å². The third-order valence-corrected chi connectivity index (χ3v) is 14.6. The first-order chi connectivity index (χ1) is 29.5. The number of ketones is 2. The van der Waals surface area contributed by atoms with Crippen molar-refractivity contribution in [3.8, 4) is 23.3 Å². The molecule has 1 spiro atoms. The second kappa shape index (κ2) is 20.6. The number of dihydropyridines is 1. The van der Waals surface area contributed by atoms with E-state index in [1.165, 1.54) is 7.11 Å². The van der Waals surface area contributed by atoms with Gasteiger partial charge in [0.2, 0.25) is 0 Å². The van der Waals surface area contributed by atoms with Gasteiger partial charge < -0.3 is 41.5 Å². The molecule has 0 aromatic heterocycles.